The lowest BCUT2D eigenvalue weighted by molar-refractivity contribution is -0.139. The van der Waals surface area contributed by atoms with E-state index in [-0.39, 0.29) is 6.03 Å². The van der Waals surface area contributed by atoms with Crippen LogP contribution in [0.2, 0.25) is 0 Å². The molecule has 1 aliphatic carbocycles. The summed E-state index contributed by atoms with van der Waals surface area (Å²) < 4.78 is 0. The van der Waals surface area contributed by atoms with Crippen LogP contribution in [0.25, 0.3) is 0 Å². The second-order valence-electron chi connectivity index (χ2n) is 4.60. The van der Waals surface area contributed by atoms with Crippen molar-refractivity contribution in [2.45, 2.75) is 32.7 Å². The maximum absolute atomic E-state index is 11.6. The van der Waals surface area contributed by atoms with Crippen molar-refractivity contribution in [3.8, 4) is 0 Å². The first-order valence-electron chi connectivity index (χ1n) is 5.70. The molecule has 0 aromatic heterocycles. The fourth-order valence-electron chi connectivity index (χ4n) is 1.69. The van der Waals surface area contributed by atoms with Gasteiger partial charge >= 0.3 is 12.0 Å². The van der Waals surface area contributed by atoms with Crippen molar-refractivity contribution in [2.75, 3.05) is 13.6 Å². The van der Waals surface area contributed by atoms with Gasteiger partial charge in [0.1, 0.15) is 6.04 Å². The van der Waals surface area contributed by atoms with Crippen molar-refractivity contribution in [1.29, 1.82) is 0 Å². The molecule has 5 heteroatoms. The number of urea groups is 1. The van der Waals surface area contributed by atoms with Crippen LogP contribution < -0.4 is 5.32 Å². The topological polar surface area (TPSA) is 69.6 Å². The molecule has 3 unspecified atom stereocenters. The molecular weight excluding hydrogens is 208 g/mol. The Hall–Kier alpha value is -1.26. The van der Waals surface area contributed by atoms with E-state index in [0.29, 0.717) is 24.8 Å². The summed E-state index contributed by atoms with van der Waals surface area (Å²) in [7, 11) is 1.70. The van der Waals surface area contributed by atoms with E-state index in [2.05, 4.69) is 12.2 Å². The van der Waals surface area contributed by atoms with E-state index >= 15 is 0 Å². The Morgan fingerprint density at radius 3 is 2.50 bits per heavy atom. The van der Waals surface area contributed by atoms with E-state index in [0.717, 1.165) is 6.42 Å². The fourth-order valence-corrected chi connectivity index (χ4v) is 1.69. The van der Waals surface area contributed by atoms with Crippen LogP contribution in [0.4, 0.5) is 4.79 Å². The summed E-state index contributed by atoms with van der Waals surface area (Å²) in [5, 5.41) is 11.3. The first-order chi connectivity index (χ1) is 7.45. The number of carbonyl (C=O) groups excluding carboxylic acids is 1. The highest BCUT2D eigenvalue weighted by Gasteiger charge is 2.34. The number of nitrogens with zero attached hydrogens (tertiary/aromatic N) is 1. The van der Waals surface area contributed by atoms with Gasteiger partial charge in [-0.15, -0.1) is 0 Å². The predicted octanol–water partition coefficient (Wildman–Crippen LogP) is 1.15. The van der Waals surface area contributed by atoms with E-state index in [9.17, 15) is 9.59 Å². The summed E-state index contributed by atoms with van der Waals surface area (Å²) in [4.78, 5) is 23.9. The highest BCUT2D eigenvalue weighted by atomic mass is 16.4. The quantitative estimate of drug-likeness (QED) is 0.741. The van der Waals surface area contributed by atoms with Gasteiger partial charge in [0.2, 0.25) is 0 Å². The molecule has 0 spiro atoms. The highest BCUT2D eigenvalue weighted by molar-refractivity contribution is 5.82. The fraction of sp³-hybridized carbons (Fsp3) is 0.818. The van der Waals surface area contributed by atoms with E-state index in [1.807, 2.05) is 0 Å². The highest BCUT2D eigenvalue weighted by Crippen LogP contribution is 2.37. The van der Waals surface area contributed by atoms with Crippen LogP contribution in [-0.2, 0) is 4.79 Å². The zero-order chi connectivity index (χ0) is 12.3. The van der Waals surface area contributed by atoms with Gasteiger partial charge in [0, 0.05) is 13.6 Å². The average molecular weight is 228 g/mol. The van der Waals surface area contributed by atoms with Crippen LogP contribution in [0.15, 0.2) is 0 Å². The number of amides is 2. The van der Waals surface area contributed by atoms with Crippen LogP contribution >= 0.6 is 0 Å². The Morgan fingerprint density at radius 1 is 1.56 bits per heavy atom. The van der Waals surface area contributed by atoms with Crippen molar-refractivity contribution in [3.05, 3.63) is 0 Å². The monoisotopic (exact) mass is 228 g/mol. The lowest BCUT2D eigenvalue weighted by atomic mass is 10.2. The summed E-state index contributed by atoms with van der Waals surface area (Å²) in [6.45, 7) is 4.60. The van der Waals surface area contributed by atoms with Crippen molar-refractivity contribution >= 4 is 12.0 Å². The lowest BCUT2D eigenvalue weighted by Crippen LogP contribution is -2.46. The largest absolute Gasteiger partial charge is 0.480 e. The number of carbonyl (C=O) groups is 2. The van der Waals surface area contributed by atoms with Crippen LogP contribution in [0.5, 0.6) is 0 Å². The second kappa shape index (κ2) is 5.18. The Kier molecular flexibility index (Phi) is 4.15. The molecule has 3 atom stereocenters. The number of rotatable bonds is 5. The van der Waals surface area contributed by atoms with Crippen LogP contribution in [0.3, 0.4) is 0 Å². The van der Waals surface area contributed by atoms with Crippen molar-refractivity contribution < 1.29 is 14.7 Å². The molecular formula is C11H20N2O3. The molecule has 1 fully saturated rings. The third-order valence-corrected chi connectivity index (χ3v) is 3.14. The van der Waals surface area contributed by atoms with Gasteiger partial charge in [-0.25, -0.2) is 9.59 Å². The average Bonchev–Trinajstić information content (AvgIpc) is 2.89. The number of nitrogens with one attached hydrogen (secondary N) is 1. The number of aliphatic carboxylic acids is 1. The molecule has 1 aliphatic rings. The molecule has 0 radical (unpaired) electrons. The first kappa shape index (κ1) is 12.8. The van der Waals surface area contributed by atoms with Crippen LogP contribution in [-0.4, -0.2) is 41.6 Å². The van der Waals surface area contributed by atoms with Gasteiger partial charge in [-0.05, 0) is 24.7 Å². The summed E-state index contributed by atoms with van der Waals surface area (Å²) in [6.07, 6.45) is 1.56. The first-order valence-corrected chi connectivity index (χ1v) is 5.70. The molecule has 0 bridgehead atoms. The zero-order valence-electron chi connectivity index (χ0n) is 10.1. The van der Waals surface area contributed by atoms with E-state index in [1.54, 1.807) is 18.9 Å². The third kappa shape index (κ3) is 3.40. The van der Waals surface area contributed by atoms with Gasteiger partial charge in [0.05, 0.1) is 0 Å². The number of carboxylic acids is 1. The van der Waals surface area contributed by atoms with E-state index in [1.165, 1.54) is 0 Å². The molecule has 0 aromatic carbocycles. The molecule has 0 saturated heterocycles. The van der Waals surface area contributed by atoms with Gasteiger partial charge in [-0.2, -0.15) is 0 Å². The van der Waals surface area contributed by atoms with Crippen LogP contribution in [0, 0.1) is 11.8 Å². The molecule has 1 saturated carbocycles. The van der Waals surface area contributed by atoms with E-state index < -0.39 is 12.0 Å². The number of carboxylic acid groups (broad SMARTS) is 1. The van der Waals surface area contributed by atoms with Crippen molar-refractivity contribution in [3.63, 3.8) is 0 Å². The summed E-state index contributed by atoms with van der Waals surface area (Å²) in [5.41, 5.74) is 0. The second-order valence-corrected chi connectivity index (χ2v) is 4.60. The van der Waals surface area contributed by atoms with Crippen LogP contribution in [0.1, 0.15) is 26.7 Å². The normalized spacial score (nSPS) is 24.7. The summed E-state index contributed by atoms with van der Waals surface area (Å²) in [5.74, 6) is 0.293. The molecule has 0 aliphatic heterocycles. The molecule has 0 heterocycles. The summed E-state index contributed by atoms with van der Waals surface area (Å²) >= 11 is 0. The molecule has 1 rings (SSSR count). The predicted molar refractivity (Wildman–Crippen MR) is 60.1 cm³/mol. The van der Waals surface area contributed by atoms with Gasteiger partial charge in [0.15, 0.2) is 0 Å². The SMILES string of the molecule is CCC(NC(=O)N(C)CC1CC1C)C(=O)O. The van der Waals surface area contributed by atoms with E-state index in [4.69, 9.17) is 5.11 Å². The number of hydrogen-bond acceptors (Lipinski definition) is 2. The minimum atomic E-state index is -0.982. The Bertz CT molecular complexity index is 280. The summed E-state index contributed by atoms with van der Waals surface area (Å²) in [6, 6.07) is -1.08. The Labute approximate surface area is 95.8 Å². The molecule has 92 valence electrons. The molecule has 2 amide bonds. The minimum absolute atomic E-state index is 0.298. The molecule has 5 nitrogen and oxygen atoms in total. The standard InChI is InChI=1S/C11H20N2O3/c1-4-9(10(14)15)12-11(16)13(3)6-8-5-7(8)2/h7-9H,4-6H2,1-3H3,(H,12,16)(H,14,15). The van der Waals surface area contributed by atoms with Gasteiger partial charge in [-0.1, -0.05) is 13.8 Å². The maximum atomic E-state index is 11.6. The molecule has 0 aromatic rings. The lowest BCUT2D eigenvalue weighted by Gasteiger charge is -2.20. The van der Waals surface area contributed by atoms with Gasteiger partial charge in [-0.3, -0.25) is 0 Å². The van der Waals surface area contributed by atoms with Gasteiger partial charge in [0.25, 0.3) is 0 Å². The zero-order valence-corrected chi connectivity index (χ0v) is 10.1. The molecule has 16 heavy (non-hydrogen) atoms. The minimum Gasteiger partial charge on any atom is -0.480 e. The number of hydrogen-bond donors (Lipinski definition) is 2. The smallest absolute Gasteiger partial charge is 0.326 e. The maximum Gasteiger partial charge on any atom is 0.326 e. The Balaban J connectivity index is 2.35. The van der Waals surface area contributed by atoms with Gasteiger partial charge < -0.3 is 15.3 Å². The third-order valence-electron chi connectivity index (χ3n) is 3.14. The molecule has 2 N–H and O–H groups in total. The Morgan fingerprint density at radius 2 is 2.12 bits per heavy atom. The van der Waals surface area contributed by atoms with Crippen molar-refractivity contribution in [1.82, 2.24) is 10.2 Å². The van der Waals surface area contributed by atoms with Crippen molar-refractivity contribution in [2.24, 2.45) is 11.8 Å².